The molecule has 0 aliphatic heterocycles. The first kappa shape index (κ1) is 19.6. The van der Waals surface area contributed by atoms with Crippen LogP contribution < -0.4 is 10.1 Å². The number of para-hydroxylation sites is 2. The van der Waals surface area contributed by atoms with Gasteiger partial charge in [0, 0.05) is 0 Å². The highest BCUT2D eigenvalue weighted by Crippen LogP contribution is 2.38. The molecule has 26 heavy (non-hydrogen) atoms. The fourth-order valence-corrected chi connectivity index (χ4v) is 2.13. The van der Waals surface area contributed by atoms with Crippen LogP contribution in [0.2, 0.25) is 5.02 Å². The Kier molecular flexibility index (Phi) is 6.46. The maximum Gasteiger partial charge on any atom is 0.418 e. The van der Waals surface area contributed by atoms with E-state index in [1.165, 1.54) is 6.07 Å². The van der Waals surface area contributed by atoms with Crippen molar-refractivity contribution in [1.29, 1.82) is 0 Å². The number of alkyl halides is 3. The Morgan fingerprint density at radius 3 is 2.35 bits per heavy atom. The summed E-state index contributed by atoms with van der Waals surface area (Å²) < 4.78 is 48.6. The smallest absolute Gasteiger partial charge is 0.418 e. The molecule has 0 aromatic heterocycles. The molecule has 2 rings (SSSR count). The molecule has 0 fully saturated rings. The molecule has 2 aromatic carbocycles. The van der Waals surface area contributed by atoms with Gasteiger partial charge < -0.3 is 14.8 Å². The number of anilines is 1. The van der Waals surface area contributed by atoms with Crippen molar-refractivity contribution in [1.82, 2.24) is 0 Å². The van der Waals surface area contributed by atoms with Gasteiger partial charge >= 0.3 is 12.1 Å². The minimum Gasteiger partial charge on any atom is -0.482 e. The molecule has 0 unspecified atom stereocenters. The van der Waals surface area contributed by atoms with Crippen LogP contribution in [0.3, 0.4) is 0 Å². The van der Waals surface area contributed by atoms with Crippen LogP contribution in [-0.4, -0.2) is 25.1 Å². The number of ether oxygens (including phenoxy) is 2. The third-order valence-corrected chi connectivity index (χ3v) is 3.36. The van der Waals surface area contributed by atoms with Crippen LogP contribution in [0.25, 0.3) is 0 Å². The second-order valence-electron chi connectivity index (χ2n) is 4.97. The number of amides is 1. The molecule has 0 radical (unpaired) electrons. The van der Waals surface area contributed by atoms with Gasteiger partial charge in [0.05, 0.1) is 16.3 Å². The number of hydrogen-bond acceptors (Lipinski definition) is 4. The van der Waals surface area contributed by atoms with E-state index in [1.54, 1.807) is 30.3 Å². The summed E-state index contributed by atoms with van der Waals surface area (Å²) in [5.74, 6) is -1.38. The lowest BCUT2D eigenvalue weighted by atomic mass is 10.1. The number of benzene rings is 2. The monoisotopic (exact) mass is 387 g/mol. The maximum atomic E-state index is 12.9. The Bertz CT molecular complexity index is 781. The van der Waals surface area contributed by atoms with Crippen molar-refractivity contribution < 1.29 is 32.2 Å². The average molecular weight is 388 g/mol. The average Bonchev–Trinajstić information content (AvgIpc) is 2.60. The number of esters is 1. The van der Waals surface area contributed by atoms with Gasteiger partial charge in [-0.15, -0.1) is 0 Å². The summed E-state index contributed by atoms with van der Waals surface area (Å²) in [7, 11) is 0. The number of carbonyl (C=O) groups excluding carboxylic acids is 2. The van der Waals surface area contributed by atoms with Gasteiger partial charge in [-0.3, -0.25) is 4.79 Å². The summed E-state index contributed by atoms with van der Waals surface area (Å²) in [5.41, 5.74) is -1.69. The molecule has 5 nitrogen and oxygen atoms in total. The third kappa shape index (κ3) is 5.66. The molecule has 0 atom stereocenters. The molecule has 0 heterocycles. The van der Waals surface area contributed by atoms with Crippen LogP contribution in [0.15, 0.2) is 48.5 Å². The lowest BCUT2D eigenvalue weighted by Gasteiger charge is -2.15. The van der Waals surface area contributed by atoms with Crippen molar-refractivity contribution in [2.24, 2.45) is 0 Å². The van der Waals surface area contributed by atoms with Gasteiger partial charge in [-0.1, -0.05) is 35.9 Å². The molecule has 2 aromatic rings. The Hall–Kier alpha value is -2.74. The highest BCUT2D eigenvalue weighted by Gasteiger charge is 2.34. The number of rotatable bonds is 6. The van der Waals surface area contributed by atoms with Gasteiger partial charge in [0.25, 0.3) is 5.91 Å². The zero-order valence-corrected chi connectivity index (χ0v) is 13.9. The Labute approximate surface area is 151 Å². The lowest BCUT2D eigenvalue weighted by Crippen LogP contribution is -2.25. The quantitative estimate of drug-likeness (QED) is 0.763. The summed E-state index contributed by atoms with van der Waals surface area (Å²) >= 11 is 5.72. The third-order valence-electron chi connectivity index (χ3n) is 3.05. The van der Waals surface area contributed by atoms with Gasteiger partial charge in [0.15, 0.2) is 13.2 Å². The van der Waals surface area contributed by atoms with Crippen LogP contribution in [0.4, 0.5) is 18.9 Å². The molecule has 1 N–H and O–H groups in total. The fraction of sp³-hybridized carbons (Fsp3) is 0.176. The summed E-state index contributed by atoms with van der Waals surface area (Å²) in [5, 5.41) is 1.72. The van der Waals surface area contributed by atoms with E-state index in [-0.39, 0.29) is 5.02 Å². The van der Waals surface area contributed by atoms with Crippen LogP contribution in [0, 0.1) is 0 Å². The molecule has 0 saturated heterocycles. The molecule has 0 bridgehead atoms. The highest BCUT2D eigenvalue weighted by atomic mass is 35.5. The first-order valence-electron chi connectivity index (χ1n) is 7.26. The summed E-state index contributed by atoms with van der Waals surface area (Å²) in [4.78, 5) is 23.3. The SMILES string of the molecule is O=C(COC(=O)COc1ccccc1)Nc1c(Cl)cccc1C(F)(F)F. The molecule has 0 aliphatic carbocycles. The molecular formula is C17H13ClF3NO4. The molecular weight excluding hydrogens is 375 g/mol. The maximum absolute atomic E-state index is 12.9. The summed E-state index contributed by atoms with van der Waals surface area (Å²) in [6, 6.07) is 11.5. The van der Waals surface area contributed by atoms with Crippen LogP contribution in [-0.2, 0) is 20.5 Å². The first-order valence-corrected chi connectivity index (χ1v) is 7.64. The number of nitrogens with one attached hydrogen (secondary N) is 1. The molecule has 0 saturated carbocycles. The highest BCUT2D eigenvalue weighted by molar-refractivity contribution is 6.34. The van der Waals surface area contributed by atoms with E-state index < -0.39 is 42.5 Å². The Morgan fingerprint density at radius 1 is 1.00 bits per heavy atom. The van der Waals surface area contributed by atoms with E-state index in [4.69, 9.17) is 16.3 Å². The largest absolute Gasteiger partial charge is 0.482 e. The van der Waals surface area contributed by atoms with Crippen molar-refractivity contribution in [2.75, 3.05) is 18.5 Å². The zero-order valence-electron chi connectivity index (χ0n) is 13.2. The second-order valence-corrected chi connectivity index (χ2v) is 5.38. The van der Waals surface area contributed by atoms with Crippen molar-refractivity contribution in [3.05, 3.63) is 59.1 Å². The van der Waals surface area contributed by atoms with E-state index in [2.05, 4.69) is 4.74 Å². The number of hydrogen-bond donors (Lipinski definition) is 1. The topological polar surface area (TPSA) is 64.6 Å². The van der Waals surface area contributed by atoms with Crippen molar-refractivity contribution in [2.45, 2.75) is 6.18 Å². The summed E-state index contributed by atoms with van der Waals surface area (Å²) in [6.07, 6.45) is -4.70. The van der Waals surface area contributed by atoms with Gasteiger partial charge in [-0.05, 0) is 24.3 Å². The van der Waals surface area contributed by atoms with Crippen LogP contribution in [0.1, 0.15) is 5.56 Å². The van der Waals surface area contributed by atoms with E-state index in [0.29, 0.717) is 5.75 Å². The predicted octanol–water partition coefficient (Wildman–Crippen LogP) is 3.92. The molecule has 0 aliphatic rings. The first-order chi connectivity index (χ1) is 12.3. The number of halogens is 4. The molecule has 0 spiro atoms. The Morgan fingerprint density at radius 2 is 1.69 bits per heavy atom. The van der Waals surface area contributed by atoms with Crippen molar-refractivity contribution >= 4 is 29.2 Å². The van der Waals surface area contributed by atoms with Crippen molar-refractivity contribution in [3.8, 4) is 5.75 Å². The van der Waals surface area contributed by atoms with Crippen LogP contribution in [0.5, 0.6) is 5.75 Å². The van der Waals surface area contributed by atoms with E-state index >= 15 is 0 Å². The number of carbonyl (C=O) groups is 2. The van der Waals surface area contributed by atoms with Gasteiger partial charge in [0.1, 0.15) is 5.75 Å². The minimum absolute atomic E-state index is 0.285. The molecule has 9 heteroatoms. The predicted molar refractivity (Wildman–Crippen MR) is 88.0 cm³/mol. The van der Waals surface area contributed by atoms with Gasteiger partial charge in [0.2, 0.25) is 0 Å². The van der Waals surface area contributed by atoms with E-state index in [9.17, 15) is 22.8 Å². The Balaban J connectivity index is 1.88. The normalized spacial score (nSPS) is 10.9. The van der Waals surface area contributed by atoms with Crippen molar-refractivity contribution in [3.63, 3.8) is 0 Å². The lowest BCUT2D eigenvalue weighted by molar-refractivity contribution is -0.149. The van der Waals surface area contributed by atoms with E-state index in [0.717, 1.165) is 12.1 Å². The van der Waals surface area contributed by atoms with Crippen LogP contribution >= 0.6 is 11.6 Å². The summed E-state index contributed by atoms with van der Waals surface area (Å²) in [6.45, 7) is -1.23. The molecule has 1 amide bonds. The standard InChI is InChI=1S/C17H13ClF3NO4/c18-13-8-4-7-12(17(19,20)21)16(13)22-14(23)9-26-15(24)10-25-11-5-2-1-3-6-11/h1-8H,9-10H2,(H,22,23). The zero-order chi connectivity index (χ0) is 19.2. The molecule has 138 valence electrons. The fourth-order valence-electron chi connectivity index (χ4n) is 1.91. The van der Waals surface area contributed by atoms with E-state index in [1.807, 2.05) is 5.32 Å². The van der Waals surface area contributed by atoms with Gasteiger partial charge in [-0.25, -0.2) is 4.79 Å². The second kappa shape index (κ2) is 8.57. The minimum atomic E-state index is -4.70. The van der Waals surface area contributed by atoms with Gasteiger partial charge in [-0.2, -0.15) is 13.2 Å².